The lowest BCUT2D eigenvalue weighted by Crippen LogP contribution is -2.37. The highest BCUT2D eigenvalue weighted by molar-refractivity contribution is 5.99. The van der Waals surface area contributed by atoms with Gasteiger partial charge in [0.25, 0.3) is 11.8 Å². The van der Waals surface area contributed by atoms with Crippen molar-refractivity contribution in [2.45, 2.75) is 13.3 Å². The van der Waals surface area contributed by atoms with Gasteiger partial charge in [-0.15, -0.1) is 0 Å². The number of carbonyl (C=O) groups excluding carboxylic acids is 2. The predicted molar refractivity (Wildman–Crippen MR) is 110 cm³/mol. The number of fused-ring (bicyclic) bond motifs is 1. The highest BCUT2D eigenvalue weighted by Gasteiger charge is 2.27. The SMILES string of the molecule is COc1ccc2oc(C(=O)N3CCCN(C(=O)c4ccccc4F)CC3)c(C)c2c1. The summed E-state index contributed by atoms with van der Waals surface area (Å²) < 4.78 is 25.1. The summed E-state index contributed by atoms with van der Waals surface area (Å²) in [6, 6.07) is 11.4. The molecule has 4 rings (SSSR count). The lowest BCUT2D eigenvalue weighted by Gasteiger charge is -2.22. The Morgan fingerprint density at radius 2 is 1.70 bits per heavy atom. The quantitative estimate of drug-likeness (QED) is 0.658. The molecule has 0 radical (unpaired) electrons. The highest BCUT2D eigenvalue weighted by atomic mass is 19.1. The first-order valence-corrected chi connectivity index (χ1v) is 9.90. The normalized spacial score (nSPS) is 14.6. The molecule has 30 heavy (non-hydrogen) atoms. The van der Waals surface area contributed by atoms with Crippen LogP contribution in [0.4, 0.5) is 4.39 Å². The van der Waals surface area contributed by atoms with Crippen LogP contribution >= 0.6 is 0 Å². The molecule has 0 aliphatic carbocycles. The topological polar surface area (TPSA) is 63.0 Å². The van der Waals surface area contributed by atoms with Gasteiger partial charge in [0, 0.05) is 37.1 Å². The first-order valence-electron chi connectivity index (χ1n) is 9.90. The largest absolute Gasteiger partial charge is 0.497 e. The maximum Gasteiger partial charge on any atom is 0.289 e. The molecule has 2 amide bonds. The summed E-state index contributed by atoms with van der Waals surface area (Å²) in [7, 11) is 1.59. The molecule has 0 atom stereocenters. The Hall–Kier alpha value is -3.35. The fourth-order valence-electron chi connectivity index (χ4n) is 3.80. The second-order valence-electron chi connectivity index (χ2n) is 7.34. The number of benzene rings is 2. The molecule has 1 fully saturated rings. The molecule has 7 heteroatoms. The van der Waals surface area contributed by atoms with Crippen LogP contribution in [0.2, 0.25) is 0 Å². The zero-order valence-corrected chi connectivity index (χ0v) is 17.0. The molecule has 2 aromatic carbocycles. The van der Waals surface area contributed by atoms with Gasteiger partial charge in [0.2, 0.25) is 0 Å². The van der Waals surface area contributed by atoms with Gasteiger partial charge in [-0.05, 0) is 43.7 Å². The fraction of sp³-hybridized carbons (Fsp3) is 0.304. The van der Waals surface area contributed by atoms with Gasteiger partial charge in [-0.1, -0.05) is 12.1 Å². The number of nitrogens with zero attached hydrogens (tertiary/aromatic N) is 2. The van der Waals surface area contributed by atoms with Crippen LogP contribution in [0.3, 0.4) is 0 Å². The van der Waals surface area contributed by atoms with E-state index >= 15 is 0 Å². The number of hydrogen-bond acceptors (Lipinski definition) is 4. The molecule has 0 unspecified atom stereocenters. The Bertz CT molecular complexity index is 1110. The van der Waals surface area contributed by atoms with Gasteiger partial charge < -0.3 is 19.0 Å². The minimum Gasteiger partial charge on any atom is -0.497 e. The van der Waals surface area contributed by atoms with E-state index in [1.807, 2.05) is 13.0 Å². The van der Waals surface area contributed by atoms with Gasteiger partial charge in [0.05, 0.1) is 12.7 Å². The third-order valence-corrected chi connectivity index (χ3v) is 5.51. The number of furan rings is 1. The maximum atomic E-state index is 14.0. The molecular weight excluding hydrogens is 387 g/mol. The summed E-state index contributed by atoms with van der Waals surface area (Å²) >= 11 is 0. The van der Waals surface area contributed by atoms with Crippen LogP contribution in [-0.2, 0) is 0 Å². The molecule has 2 heterocycles. The molecule has 6 nitrogen and oxygen atoms in total. The maximum absolute atomic E-state index is 14.0. The van der Waals surface area contributed by atoms with E-state index < -0.39 is 5.82 Å². The smallest absolute Gasteiger partial charge is 0.289 e. The number of halogens is 1. The van der Waals surface area contributed by atoms with Gasteiger partial charge in [-0.25, -0.2) is 4.39 Å². The third kappa shape index (κ3) is 3.63. The minimum absolute atomic E-state index is 0.0550. The van der Waals surface area contributed by atoms with Crippen LogP contribution in [0.25, 0.3) is 11.0 Å². The van der Waals surface area contributed by atoms with Crippen molar-refractivity contribution in [1.29, 1.82) is 0 Å². The monoisotopic (exact) mass is 410 g/mol. The van der Waals surface area contributed by atoms with Crippen LogP contribution in [-0.4, -0.2) is 54.9 Å². The zero-order chi connectivity index (χ0) is 21.3. The lowest BCUT2D eigenvalue weighted by molar-refractivity contribution is 0.0699. The van der Waals surface area contributed by atoms with E-state index in [4.69, 9.17) is 9.15 Å². The predicted octanol–water partition coefficient (Wildman–Crippen LogP) is 3.88. The summed E-state index contributed by atoms with van der Waals surface area (Å²) in [5.74, 6) is -0.0973. The number of hydrogen-bond donors (Lipinski definition) is 0. The molecule has 0 spiro atoms. The Labute approximate surface area is 173 Å². The molecule has 0 N–H and O–H groups in total. The fourth-order valence-corrected chi connectivity index (χ4v) is 3.80. The van der Waals surface area contributed by atoms with E-state index in [-0.39, 0.29) is 17.4 Å². The van der Waals surface area contributed by atoms with Crippen molar-refractivity contribution in [3.05, 3.63) is 65.2 Å². The van der Waals surface area contributed by atoms with Gasteiger partial charge in [-0.3, -0.25) is 9.59 Å². The number of aryl methyl sites for hydroxylation is 1. The summed E-state index contributed by atoms with van der Waals surface area (Å²) in [6.07, 6.45) is 0.610. The average molecular weight is 410 g/mol. The lowest BCUT2D eigenvalue weighted by atomic mass is 10.1. The van der Waals surface area contributed by atoms with Crippen molar-refractivity contribution in [2.75, 3.05) is 33.3 Å². The Morgan fingerprint density at radius 1 is 1.00 bits per heavy atom. The van der Waals surface area contributed by atoms with Crippen LogP contribution in [0.15, 0.2) is 46.9 Å². The van der Waals surface area contributed by atoms with Crippen LogP contribution in [0.5, 0.6) is 5.75 Å². The highest BCUT2D eigenvalue weighted by Crippen LogP contribution is 2.29. The number of carbonyl (C=O) groups is 2. The number of amides is 2. The molecular formula is C23H23FN2O4. The molecule has 156 valence electrons. The second-order valence-corrected chi connectivity index (χ2v) is 7.34. The van der Waals surface area contributed by atoms with Crippen molar-refractivity contribution in [3.8, 4) is 5.75 Å². The molecule has 1 aliphatic rings. The molecule has 1 saturated heterocycles. The molecule has 3 aromatic rings. The van der Waals surface area contributed by atoms with Crippen LogP contribution in [0, 0.1) is 12.7 Å². The first kappa shape index (κ1) is 19.9. The van der Waals surface area contributed by atoms with E-state index in [2.05, 4.69) is 0 Å². The summed E-state index contributed by atoms with van der Waals surface area (Å²) in [5.41, 5.74) is 1.44. The zero-order valence-electron chi connectivity index (χ0n) is 17.0. The van der Waals surface area contributed by atoms with E-state index in [0.717, 1.165) is 10.9 Å². The van der Waals surface area contributed by atoms with Gasteiger partial charge in [0.15, 0.2) is 5.76 Å². The first-order chi connectivity index (χ1) is 14.5. The Kier molecular flexibility index (Phi) is 5.44. The Morgan fingerprint density at radius 3 is 2.40 bits per heavy atom. The van der Waals surface area contributed by atoms with E-state index in [9.17, 15) is 14.0 Å². The van der Waals surface area contributed by atoms with Crippen molar-refractivity contribution >= 4 is 22.8 Å². The van der Waals surface area contributed by atoms with Gasteiger partial charge in [0.1, 0.15) is 17.1 Å². The molecule has 1 aliphatic heterocycles. The van der Waals surface area contributed by atoms with E-state index in [1.54, 1.807) is 41.2 Å². The minimum atomic E-state index is -0.534. The van der Waals surface area contributed by atoms with Crippen molar-refractivity contribution in [3.63, 3.8) is 0 Å². The summed E-state index contributed by atoms with van der Waals surface area (Å²) in [6.45, 7) is 3.52. The van der Waals surface area contributed by atoms with Crippen LogP contribution < -0.4 is 4.74 Å². The summed E-state index contributed by atoms with van der Waals surface area (Å²) in [5, 5.41) is 0.837. The number of methoxy groups -OCH3 is 1. The Balaban J connectivity index is 1.51. The second kappa shape index (κ2) is 8.18. The molecule has 1 aromatic heterocycles. The summed E-state index contributed by atoms with van der Waals surface area (Å²) in [4.78, 5) is 29.1. The number of rotatable bonds is 3. The van der Waals surface area contributed by atoms with Gasteiger partial charge in [-0.2, -0.15) is 0 Å². The number of ether oxygens (including phenoxy) is 1. The standard InChI is InChI=1S/C23H23FN2O4/c1-15-18-14-16(29-2)8-9-20(18)30-21(15)23(28)26-11-5-10-25(12-13-26)22(27)17-6-3-4-7-19(17)24/h3-4,6-9,14H,5,10-13H2,1-2H3. The third-order valence-electron chi connectivity index (χ3n) is 5.51. The van der Waals surface area contributed by atoms with Crippen molar-refractivity contribution in [2.24, 2.45) is 0 Å². The van der Waals surface area contributed by atoms with E-state index in [1.165, 1.54) is 12.1 Å². The molecule has 0 bridgehead atoms. The van der Waals surface area contributed by atoms with E-state index in [0.29, 0.717) is 49.7 Å². The molecule has 0 saturated carbocycles. The van der Waals surface area contributed by atoms with Gasteiger partial charge >= 0.3 is 0 Å². The van der Waals surface area contributed by atoms with Crippen LogP contribution in [0.1, 0.15) is 32.9 Å². The average Bonchev–Trinajstić information content (AvgIpc) is 2.93. The van der Waals surface area contributed by atoms with Crippen molar-refractivity contribution < 1.29 is 23.1 Å². The van der Waals surface area contributed by atoms with Crippen molar-refractivity contribution in [1.82, 2.24) is 9.80 Å².